The molecule has 0 saturated heterocycles. The van der Waals surface area contributed by atoms with Crippen LogP contribution in [0.25, 0.3) is 0 Å². The summed E-state index contributed by atoms with van der Waals surface area (Å²) in [7, 11) is 0. The minimum Gasteiger partial charge on any atom is -0.364 e. The van der Waals surface area contributed by atoms with Gasteiger partial charge in [-0.2, -0.15) is 0 Å². The van der Waals surface area contributed by atoms with Gasteiger partial charge in [0.1, 0.15) is 12.0 Å². The SMILES string of the molecule is NCC#Cc1cc(C(=O)NCc2ccon2)cs1. The molecular formula is C12H11N3O2S. The van der Waals surface area contributed by atoms with Gasteiger partial charge in [0, 0.05) is 11.4 Å². The lowest BCUT2D eigenvalue weighted by Gasteiger charge is -1.99. The van der Waals surface area contributed by atoms with E-state index in [0.717, 1.165) is 4.88 Å². The second-order valence-corrected chi connectivity index (χ2v) is 4.29. The van der Waals surface area contributed by atoms with E-state index in [2.05, 4.69) is 26.8 Å². The second-order valence-electron chi connectivity index (χ2n) is 3.38. The van der Waals surface area contributed by atoms with E-state index in [1.54, 1.807) is 17.5 Å². The summed E-state index contributed by atoms with van der Waals surface area (Å²) in [6.07, 6.45) is 1.46. The summed E-state index contributed by atoms with van der Waals surface area (Å²) in [5.41, 5.74) is 6.55. The standard InChI is InChI=1S/C12H11N3O2S/c13-4-1-2-11-6-9(8-18-11)12(16)14-7-10-3-5-17-15-10/h3,5-6,8H,4,7,13H2,(H,14,16). The van der Waals surface area contributed by atoms with Crippen molar-refractivity contribution in [3.8, 4) is 11.8 Å². The Morgan fingerprint density at radius 1 is 1.61 bits per heavy atom. The maximum atomic E-state index is 11.8. The Morgan fingerprint density at radius 2 is 2.50 bits per heavy atom. The Bertz CT molecular complexity index is 578. The Balaban J connectivity index is 1.94. The van der Waals surface area contributed by atoms with Gasteiger partial charge in [-0.05, 0) is 6.07 Å². The van der Waals surface area contributed by atoms with Gasteiger partial charge in [-0.3, -0.25) is 4.79 Å². The van der Waals surface area contributed by atoms with Gasteiger partial charge in [-0.25, -0.2) is 0 Å². The first-order valence-corrected chi connectivity index (χ1v) is 6.12. The molecule has 2 aromatic rings. The van der Waals surface area contributed by atoms with Gasteiger partial charge in [0.05, 0.1) is 23.5 Å². The molecule has 0 radical (unpaired) electrons. The zero-order chi connectivity index (χ0) is 12.8. The monoisotopic (exact) mass is 261 g/mol. The van der Waals surface area contributed by atoms with Crippen molar-refractivity contribution in [2.75, 3.05) is 6.54 Å². The van der Waals surface area contributed by atoms with E-state index in [9.17, 15) is 4.79 Å². The summed E-state index contributed by atoms with van der Waals surface area (Å²) in [5.74, 6) is 5.47. The number of carbonyl (C=O) groups is 1. The molecule has 3 N–H and O–H groups in total. The van der Waals surface area contributed by atoms with Gasteiger partial charge in [0.25, 0.3) is 5.91 Å². The summed E-state index contributed by atoms with van der Waals surface area (Å²) in [6, 6.07) is 3.44. The first kappa shape index (κ1) is 12.4. The molecule has 5 nitrogen and oxygen atoms in total. The molecule has 2 rings (SSSR count). The van der Waals surface area contributed by atoms with Crippen LogP contribution in [0.15, 0.2) is 28.3 Å². The molecule has 0 aliphatic heterocycles. The lowest BCUT2D eigenvalue weighted by molar-refractivity contribution is 0.0950. The molecule has 1 amide bonds. The number of nitrogens with two attached hydrogens (primary N) is 1. The van der Waals surface area contributed by atoms with Crippen molar-refractivity contribution >= 4 is 17.2 Å². The highest BCUT2D eigenvalue weighted by Crippen LogP contribution is 2.13. The molecule has 0 atom stereocenters. The van der Waals surface area contributed by atoms with Gasteiger partial charge in [0.15, 0.2) is 0 Å². The Morgan fingerprint density at radius 3 is 3.22 bits per heavy atom. The van der Waals surface area contributed by atoms with Crippen LogP contribution in [0.3, 0.4) is 0 Å². The van der Waals surface area contributed by atoms with Crippen molar-refractivity contribution in [2.45, 2.75) is 6.54 Å². The molecule has 2 aromatic heterocycles. The fraction of sp³-hybridized carbons (Fsp3) is 0.167. The van der Waals surface area contributed by atoms with Crippen LogP contribution in [0.4, 0.5) is 0 Å². The highest BCUT2D eigenvalue weighted by molar-refractivity contribution is 7.10. The van der Waals surface area contributed by atoms with Crippen LogP contribution in [0.2, 0.25) is 0 Å². The van der Waals surface area contributed by atoms with Crippen molar-refractivity contribution in [3.63, 3.8) is 0 Å². The minimum absolute atomic E-state index is 0.157. The normalized spacial score (nSPS) is 9.61. The van der Waals surface area contributed by atoms with Crippen molar-refractivity contribution in [3.05, 3.63) is 39.9 Å². The van der Waals surface area contributed by atoms with Crippen LogP contribution in [0.1, 0.15) is 20.9 Å². The Labute approximate surface area is 108 Å². The number of carbonyl (C=O) groups excluding carboxylic acids is 1. The number of hydrogen-bond donors (Lipinski definition) is 2. The van der Waals surface area contributed by atoms with Crippen LogP contribution in [-0.2, 0) is 6.54 Å². The molecule has 0 aliphatic carbocycles. The molecule has 0 spiro atoms. The maximum absolute atomic E-state index is 11.8. The highest BCUT2D eigenvalue weighted by Gasteiger charge is 2.08. The average Bonchev–Trinajstić information content (AvgIpc) is 3.04. The fourth-order valence-electron chi connectivity index (χ4n) is 1.26. The van der Waals surface area contributed by atoms with E-state index in [-0.39, 0.29) is 5.91 Å². The van der Waals surface area contributed by atoms with Crippen molar-refractivity contribution in [1.82, 2.24) is 10.5 Å². The zero-order valence-corrected chi connectivity index (χ0v) is 10.3. The molecule has 6 heteroatoms. The number of aromatic nitrogens is 1. The third kappa shape index (κ3) is 3.20. The number of nitrogens with one attached hydrogen (secondary N) is 1. The summed E-state index contributed by atoms with van der Waals surface area (Å²) < 4.78 is 4.67. The number of nitrogens with zero attached hydrogens (tertiary/aromatic N) is 1. The Hall–Kier alpha value is -2.10. The summed E-state index contributed by atoms with van der Waals surface area (Å²) >= 11 is 1.42. The molecular weight excluding hydrogens is 250 g/mol. The van der Waals surface area contributed by atoms with Gasteiger partial charge < -0.3 is 15.6 Å². The molecule has 92 valence electrons. The van der Waals surface area contributed by atoms with E-state index in [1.807, 2.05) is 0 Å². The summed E-state index contributed by atoms with van der Waals surface area (Å²) in [5, 5.41) is 8.21. The largest absolute Gasteiger partial charge is 0.364 e. The van der Waals surface area contributed by atoms with E-state index in [0.29, 0.717) is 24.3 Å². The third-order valence-electron chi connectivity index (χ3n) is 2.10. The lowest BCUT2D eigenvalue weighted by Crippen LogP contribution is -2.22. The Kier molecular flexibility index (Phi) is 4.12. The lowest BCUT2D eigenvalue weighted by atomic mass is 10.3. The first-order valence-electron chi connectivity index (χ1n) is 5.24. The molecule has 0 unspecified atom stereocenters. The van der Waals surface area contributed by atoms with Gasteiger partial charge >= 0.3 is 0 Å². The predicted molar refractivity (Wildman–Crippen MR) is 67.9 cm³/mol. The second kappa shape index (κ2) is 6.00. The van der Waals surface area contributed by atoms with Gasteiger partial charge in [-0.15, -0.1) is 11.3 Å². The van der Waals surface area contributed by atoms with Crippen LogP contribution in [0, 0.1) is 11.8 Å². The number of amides is 1. The maximum Gasteiger partial charge on any atom is 0.252 e. The topological polar surface area (TPSA) is 81.2 Å². The van der Waals surface area contributed by atoms with Crippen molar-refractivity contribution in [2.24, 2.45) is 5.73 Å². The van der Waals surface area contributed by atoms with Crippen LogP contribution < -0.4 is 11.1 Å². The molecule has 0 aromatic carbocycles. The first-order chi connectivity index (χ1) is 8.79. The van der Waals surface area contributed by atoms with E-state index in [4.69, 9.17) is 5.73 Å². The van der Waals surface area contributed by atoms with Crippen LogP contribution in [-0.4, -0.2) is 17.6 Å². The van der Waals surface area contributed by atoms with Crippen LogP contribution >= 0.6 is 11.3 Å². The number of hydrogen-bond acceptors (Lipinski definition) is 5. The average molecular weight is 261 g/mol. The molecule has 0 saturated carbocycles. The number of rotatable bonds is 3. The summed E-state index contributed by atoms with van der Waals surface area (Å²) in [6.45, 7) is 0.653. The molecule has 0 fully saturated rings. The van der Waals surface area contributed by atoms with Crippen molar-refractivity contribution in [1.29, 1.82) is 0 Å². The van der Waals surface area contributed by atoms with Crippen molar-refractivity contribution < 1.29 is 9.32 Å². The summed E-state index contributed by atoms with van der Waals surface area (Å²) in [4.78, 5) is 12.6. The minimum atomic E-state index is -0.157. The molecule has 0 aliphatic rings. The fourth-order valence-corrected chi connectivity index (χ4v) is 2.02. The third-order valence-corrected chi connectivity index (χ3v) is 2.94. The van der Waals surface area contributed by atoms with Crippen LogP contribution in [0.5, 0.6) is 0 Å². The quantitative estimate of drug-likeness (QED) is 0.807. The molecule has 18 heavy (non-hydrogen) atoms. The van der Waals surface area contributed by atoms with E-state index < -0.39 is 0 Å². The number of thiophene rings is 1. The van der Waals surface area contributed by atoms with Gasteiger partial charge in [-0.1, -0.05) is 17.0 Å². The smallest absolute Gasteiger partial charge is 0.252 e. The van der Waals surface area contributed by atoms with E-state index >= 15 is 0 Å². The molecule has 2 heterocycles. The van der Waals surface area contributed by atoms with Gasteiger partial charge in [0.2, 0.25) is 0 Å². The highest BCUT2D eigenvalue weighted by atomic mass is 32.1. The molecule has 0 bridgehead atoms. The predicted octanol–water partition coefficient (Wildman–Crippen LogP) is 0.976. The zero-order valence-electron chi connectivity index (χ0n) is 9.47. The van der Waals surface area contributed by atoms with E-state index in [1.165, 1.54) is 17.6 Å².